The maximum absolute atomic E-state index is 13.0. The zero-order chi connectivity index (χ0) is 45.9. The Morgan fingerprint density at radius 3 is 1.62 bits per heavy atom. The number of unbranched alkanes of at least 4 members (excludes halogenated alkanes) is 12. The van der Waals surface area contributed by atoms with Crippen LogP contribution in [-0.2, 0) is 33.2 Å². The van der Waals surface area contributed by atoms with Crippen LogP contribution < -0.4 is 0 Å². The highest BCUT2D eigenvalue weighted by Gasteiger charge is 2.47. The summed E-state index contributed by atoms with van der Waals surface area (Å²) in [6.07, 6.45) is 25.7. The first-order valence-corrected chi connectivity index (χ1v) is 23.9. The Labute approximate surface area is 377 Å². The van der Waals surface area contributed by atoms with E-state index in [-0.39, 0.29) is 19.6 Å². The minimum absolute atomic E-state index is 0.0377. The predicted molar refractivity (Wildman–Crippen MR) is 242 cm³/mol. The second-order valence-electron chi connectivity index (χ2n) is 16.5. The lowest BCUT2D eigenvalue weighted by molar-refractivity contribution is -0.332. The van der Waals surface area contributed by atoms with E-state index in [0.717, 1.165) is 96.3 Å². The topological polar surface area (TPSA) is 214 Å². The van der Waals surface area contributed by atoms with Crippen LogP contribution >= 0.6 is 0 Å². The van der Waals surface area contributed by atoms with Crippen LogP contribution in [0, 0.1) is 0 Å². The van der Waals surface area contributed by atoms with Crippen LogP contribution in [-0.4, -0.2) is 142 Å². The fourth-order valence-corrected chi connectivity index (χ4v) is 7.09. The van der Waals surface area contributed by atoms with Crippen molar-refractivity contribution in [1.82, 2.24) is 0 Å². The highest BCUT2D eigenvalue weighted by atomic mass is 16.7. The number of rotatable bonds is 36. The Bertz CT molecular complexity index is 1270. The molecular formula is C49H84O14. The van der Waals surface area contributed by atoms with Gasteiger partial charge in [-0.05, 0) is 77.0 Å². The zero-order valence-electron chi connectivity index (χ0n) is 38.3. The third-order valence-electron chi connectivity index (χ3n) is 11.0. The lowest BCUT2D eigenvalue weighted by Crippen LogP contribution is -2.61. The van der Waals surface area contributed by atoms with Crippen LogP contribution in [0.3, 0.4) is 0 Å². The molecule has 0 saturated carbocycles. The first kappa shape index (κ1) is 56.8. The van der Waals surface area contributed by atoms with Gasteiger partial charge in [0.05, 0.1) is 26.4 Å². The smallest absolute Gasteiger partial charge is 0.306 e. The Morgan fingerprint density at radius 2 is 1.03 bits per heavy atom. The third kappa shape index (κ3) is 25.3. The van der Waals surface area contributed by atoms with Gasteiger partial charge in [-0.25, -0.2) is 0 Å². The van der Waals surface area contributed by atoms with Gasteiger partial charge in [0.1, 0.15) is 54.9 Å². The normalized spacial score (nSPS) is 27.5. The molecule has 364 valence electrons. The predicted octanol–water partition coefficient (Wildman–Crippen LogP) is 6.18. The minimum Gasteiger partial charge on any atom is -0.457 e. The van der Waals surface area contributed by atoms with Crippen LogP contribution in [0.25, 0.3) is 0 Å². The molecule has 2 aliphatic rings. The quantitative estimate of drug-likeness (QED) is 0.0213. The molecule has 0 aliphatic carbocycles. The summed E-state index contributed by atoms with van der Waals surface area (Å²) >= 11 is 0. The van der Waals surface area contributed by atoms with Gasteiger partial charge in [0.2, 0.25) is 0 Å². The van der Waals surface area contributed by atoms with Crippen molar-refractivity contribution in [3.8, 4) is 0 Å². The first-order valence-electron chi connectivity index (χ1n) is 23.9. The van der Waals surface area contributed by atoms with Crippen LogP contribution in [0.1, 0.15) is 142 Å². The maximum Gasteiger partial charge on any atom is 0.306 e. The Kier molecular flexibility index (Phi) is 33.2. The molecule has 2 saturated heterocycles. The average molecular weight is 897 g/mol. The van der Waals surface area contributed by atoms with E-state index in [1.165, 1.54) is 19.3 Å². The van der Waals surface area contributed by atoms with E-state index in [9.17, 15) is 40.5 Å². The molecule has 0 radical (unpaired) electrons. The lowest BCUT2D eigenvalue weighted by atomic mass is 9.98. The highest BCUT2D eigenvalue weighted by molar-refractivity contribution is 5.69. The first-order chi connectivity index (χ1) is 30.6. The van der Waals surface area contributed by atoms with E-state index in [4.69, 9.17) is 28.4 Å². The molecule has 11 unspecified atom stereocenters. The standard InChI is InChI=1S/C49H84O14/c1-3-5-7-9-11-13-15-17-19-20-22-24-26-28-30-32-41(51)61-38(35-58-33-31-29-27-25-23-21-18-16-14-12-10-8-6-4-2)36-59-48-47(57)45(55)43(53)40(63-48)37-60-49-46(56)44(54)42(52)39(34-50)62-49/h6,8,11-14,17-19,21,38-40,42-50,52-57H,3-5,7,9-10,15-16,20,22-37H2,1-2H3/b8-6-,13-11-,14-12-,19-17-,21-18-. The lowest BCUT2D eigenvalue weighted by Gasteiger charge is -2.42. The molecule has 0 amide bonds. The molecule has 2 fully saturated rings. The van der Waals surface area contributed by atoms with Gasteiger partial charge in [-0.15, -0.1) is 0 Å². The molecule has 0 aromatic carbocycles. The molecule has 63 heavy (non-hydrogen) atoms. The van der Waals surface area contributed by atoms with Gasteiger partial charge in [-0.3, -0.25) is 4.79 Å². The maximum atomic E-state index is 13.0. The molecule has 2 heterocycles. The fraction of sp³-hybridized carbons (Fsp3) is 0.776. The van der Waals surface area contributed by atoms with E-state index in [1.54, 1.807) is 0 Å². The molecule has 11 atom stereocenters. The van der Waals surface area contributed by atoms with E-state index in [1.807, 2.05) is 0 Å². The number of carbonyl (C=O) groups excluding carboxylic acids is 1. The Balaban J connectivity index is 1.82. The number of hydrogen-bond donors (Lipinski definition) is 7. The summed E-state index contributed by atoms with van der Waals surface area (Å²) in [6.45, 7) is 3.44. The summed E-state index contributed by atoms with van der Waals surface area (Å²) in [5.74, 6) is -0.402. The van der Waals surface area contributed by atoms with E-state index >= 15 is 0 Å². The van der Waals surface area contributed by atoms with Gasteiger partial charge >= 0.3 is 5.97 Å². The second-order valence-corrected chi connectivity index (χ2v) is 16.5. The van der Waals surface area contributed by atoms with Gasteiger partial charge < -0.3 is 64.2 Å². The summed E-state index contributed by atoms with van der Waals surface area (Å²) in [4.78, 5) is 13.0. The summed E-state index contributed by atoms with van der Waals surface area (Å²) < 4.78 is 34.1. The molecule has 2 aliphatic heterocycles. The SMILES string of the molecule is CC/C=C\C/C=C\C/C=C\CCCCCCOCC(COC1OC(COC2OC(CO)C(O)C(O)C2O)C(O)C(O)C1O)OC(=O)CCCCCCC/C=C\C/C=C\CCCCC. The van der Waals surface area contributed by atoms with Crippen LogP contribution in [0.4, 0.5) is 0 Å². The van der Waals surface area contributed by atoms with Gasteiger partial charge in [0.15, 0.2) is 12.6 Å². The van der Waals surface area contributed by atoms with Gasteiger partial charge in [-0.1, -0.05) is 120 Å². The molecule has 0 bridgehead atoms. The van der Waals surface area contributed by atoms with Crippen molar-refractivity contribution >= 4 is 5.97 Å². The molecule has 2 rings (SSSR count). The summed E-state index contributed by atoms with van der Waals surface area (Å²) in [5, 5.41) is 72.0. The molecule has 0 spiro atoms. The number of aliphatic hydroxyl groups is 7. The van der Waals surface area contributed by atoms with Crippen LogP contribution in [0.5, 0.6) is 0 Å². The molecular weight excluding hydrogens is 813 g/mol. The Morgan fingerprint density at radius 1 is 0.540 bits per heavy atom. The summed E-state index contributed by atoms with van der Waals surface area (Å²) in [7, 11) is 0. The van der Waals surface area contributed by atoms with Crippen molar-refractivity contribution in [3.05, 3.63) is 60.8 Å². The summed E-state index contributed by atoms with van der Waals surface area (Å²) in [6, 6.07) is 0. The van der Waals surface area contributed by atoms with E-state index in [0.29, 0.717) is 13.0 Å². The van der Waals surface area contributed by atoms with Gasteiger partial charge in [0, 0.05) is 13.0 Å². The largest absolute Gasteiger partial charge is 0.457 e. The third-order valence-corrected chi connectivity index (χ3v) is 11.0. The number of ether oxygens (including phenoxy) is 6. The number of esters is 1. The monoisotopic (exact) mass is 897 g/mol. The zero-order valence-corrected chi connectivity index (χ0v) is 38.3. The van der Waals surface area contributed by atoms with E-state index < -0.39 is 86.7 Å². The fourth-order valence-electron chi connectivity index (χ4n) is 7.09. The van der Waals surface area contributed by atoms with Crippen molar-refractivity contribution in [3.63, 3.8) is 0 Å². The van der Waals surface area contributed by atoms with Crippen molar-refractivity contribution in [2.45, 2.75) is 210 Å². The van der Waals surface area contributed by atoms with Gasteiger partial charge in [0.25, 0.3) is 0 Å². The molecule has 0 aromatic rings. The second kappa shape index (κ2) is 36.9. The minimum atomic E-state index is -1.71. The molecule has 14 nitrogen and oxygen atoms in total. The molecule has 7 N–H and O–H groups in total. The summed E-state index contributed by atoms with van der Waals surface area (Å²) in [5.41, 5.74) is 0. The van der Waals surface area contributed by atoms with Crippen LogP contribution in [0.15, 0.2) is 60.8 Å². The van der Waals surface area contributed by atoms with Crippen molar-refractivity contribution in [2.24, 2.45) is 0 Å². The van der Waals surface area contributed by atoms with Crippen LogP contribution in [0.2, 0.25) is 0 Å². The number of hydrogen-bond acceptors (Lipinski definition) is 14. The van der Waals surface area contributed by atoms with Gasteiger partial charge in [-0.2, -0.15) is 0 Å². The van der Waals surface area contributed by atoms with E-state index in [2.05, 4.69) is 74.6 Å². The molecule has 0 aromatic heterocycles. The highest BCUT2D eigenvalue weighted by Crippen LogP contribution is 2.26. The van der Waals surface area contributed by atoms with Crippen molar-refractivity contribution < 1.29 is 69.0 Å². The van der Waals surface area contributed by atoms with Crippen molar-refractivity contribution in [1.29, 1.82) is 0 Å². The Hall–Kier alpha value is -2.31. The number of aliphatic hydroxyl groups excluding tert-OH is 7. The molecule has 14 heteroatoms. The average Bonchev–Trinajstić information content (AvgIpc) is 3.28. The van der Waals surface area contributed by atoms with Crippen molar-refractivity contribution in [2.75, 3.05) is 33.0 Å². The number of allylic oxidation sites excluding steroid dienone is 10. The number of carbonyl (C=O) groups is 1.